The lowest BCUT2D eigenvalue weighted by Crippen LogP contribution is -2.43. The van der Waals surface area contributed by atoms with Crippen LogP contribution in [0.5, 0.6) is 0 Å². The number of fused-ring (bicyclic) bond motifs is 3. The lowest BCUT2D eigenvalue weighted by atomic mass is 10.2. The van der Waals surface area contributed by atoms with E-state index in [-0.39, 0.29) is 0 Å². The molecule has 1 aliphatic rings. The van der Waals surface area contributed by atoms with E-state index in [4.69, 9.17) is 4.98 Å². The Hall–Kier alpha value is -2.71. The SMILES string of the molecule is Cc1cn2c(n1)c(Br)cc1cnc(Nc3ccc(N4CCNCC4)cc3)nc12. The molecule has 0 atom stereocenters. The first kappa shape index (κ1) is 17.4. The van der Waals surface area contributed by atoms with Crippen molar-refractivity contribution in [2.75, 3.05) is 36.4 Å². The number of pyridine rings is 1. The fourth-order valence-electron chi connectivity index (χ4n) is 3.57. The topological polar surface area (TPSA) is 70.4 Å². The van der Waals surface area contributed by atoms with Crippen LogP contribution in [0, 0.1) is 6.92 Å². The maximum atomic E-state index is 4.73. The number of nitrogens with zero attached hydrogens (tertiary/aromatic N) is 5. The molecule has 0 radical (unpaired) electrons. The molecule has 0 saturated carbocycles. The summed E-state index contributed by atoms with van der Waals surface area (Å²) in [5.41, 5.74) is 4.84. The summed E-state index contributed by atoms with van der Waals surface area (Å²) in [6, 6.07) is 10.4. The summed E-state index contributed by atoms with van der Waals surface area (Å²) in [5.74, 6) is 0.567. The highest BCUT2D eigenvalue weighted by molar-refractivity contribution is 9.10. The van der Waals surface area contributed by atoms with Crippen LogP contribution in [0.25, 0.3) is 16.7 Å². The summed E-state index contributed by atoms with van der Waals surface area (Å²) in [6.07, 6.45) is 3.82. The fourth-order valence-corrected chi connectivity index (χ4v) is 4.10. The van der Waals surface area contributed by atoms with E-state index in [0.29, 0.717) is 5.95 Å². The third-order valence-corrected chi connectivity index (χ3v) is 5.54. The van der Waals surface area contributed by atoms with Crippen molar-refractivity contribution >= 4 is 49.9 Å². The lowest BCUT2D eigenvalue weighted by molar-refractivity contribution is 0.589. The Bertz CT molecular complexity index is 1150. The number of hydrogen-bond acceptors (Lipinski definition) is 6. The van der Waals surface area contributed by atoms with E-state index in [1.165, 1.54) is 5.69 Å². The van der Waals surface area contributed by atoms with E-state index >= 15 is 0 Å². The molecule has 1 aliphatic heterocycles. The van der Waals surface area contributed by atoms with Crippen molar-refractivity contribution in [2.45, 2.75) is 6.92 Å². The summed E-state index contributed by atoms with van der Waals surface area (Å²) in [6.45, 7) is 6.12. The number of rotatable bonds is 3. The fraction of sp³-hybridized carbons (Fsp3) is 0.250. The molecule has 2 N–H and O–H groups in total. The molecule has 0 spiro atoms. The first-order valence-corrected chi connectivity index (χ1v) is 10.1. The molecule has 1 fully saturated rings. The van der Waals surface area contributed by atoms with Crippen LogP contribution in [-0.2, 0) is 0 Å². The van der Waals surface area contributed by atoms with Gasteiger partial charge in [0.15, 0.2) is 11.3 Å². The number of aryl methyl sites for hydroxylation is 1. The molecule has 7 nitrogen and oxygen atoms in total. The molecule has 0 bridgehead atoms. The number of nitrogens with one attached hydrogen (secondary N) is 2. The van der Waals surface area contributed by atoms with Crippen molar-refractivity contribution in [3.05, 3.63) is 52.9 Å². The van der Waals surface area contributed by atoms with E-state index in [9.17, 15) is 0 Å². The van der Waals surface area contributed by atoms with Gasteiger partial charge in [0.2, 0.25) is 5.95 Å². The van der Waals surface area contributed by atoms with E-state index in [1.54, 1.807) is 0 Å². The minimum atomic E-state index is 0.567. The minimum absolute atomic E-state index is 0.567. The van der Waals surface area contributed by atoms with Gasteiger partial charge in [0, 0.05) is 55.3 Å². The average molecular weight is 438 g/mol. The predicted octanol–water partition coefficient (Wildman–Crippen LogP) is 3.50. The van der Waals surface area contributed by atoms with Crippen molar-refractivity contribution < 1.29 is 0 Å². The van der Waals surface area contributed by atoms with Crippen LogP contribution in [0.1, 0.15) is 5.69 Å². The largest absolute Gasteiger partial charge is 0.369 e. The Balaban J connectivity index is 1.44. The average Bonchev–Trinajstić information content (AvgIpc) is 3.12. The van der Waals surface area contributed by atoms with Crippen molar-refractivity contribution in [3.8, 4) is 0 Å². The van der Waals surface area contributed by atoms with Crippen LogP contribution in [0.3, 0.4) is 0 Å². The Morgan fingerprint density at radius 2 is 1.86 bits per heavy atom. The van der Waals surface area contributed by atoms with Gasteiger partial charge >= 0.3 is 0 Å². The molecule has 5 rings (SSSR count). The van der Waals surface area contributed by atoms with Gasteiger partial charge in [-0.15, -0.1) is 0 Å². The van der Waals surface area contributed by atoms with E-state index in [2.05, 4.69) is 65.7 Å². The van der Waals surface area contributed by atoms with Crippen LogP contribution < -0.4 is 15.5 Å². The van der Waals surface area contributed by atoms with Gasteiger partial charge < -0.3 is 15.5 Å². The Kier molecular flexibility index (Phi) is 4.37. The third-order valence-electron chi connectivity index (χ3n) is 4.95. The number of piperazine rings is 1. The normalized spacial score (nSPS) is 14.7. The number of anilines is 3. The van der Waals surface area contributed by atoms with Crippen molar-refractivity contribution in [2.24, 2.45) is 0 Å². The van der Waals surface area contributed by atoms with Crippen molar-refractivity contribution in [1.82, 2.24) is 24.7 Å². The summed E-state index contributed by atoms with van der Waals surface area (Å²) >= 11 is 3.58. The zero-order chi connectivity index (χ0) is 19.1. The zero-order valence-electron chi connectivity index (χ0n) is 15.5. The van der Waals surface area contributed by atoms with Gasteiger partial charge in [-0.05, 0) is 53.2 Å². The van der Waals surface area contributed by atoms with Crippen LogP contribution >= 0.6 is 15.9 Å². The molecule has 1 aromatic carbocycles. The molecule has 28 heavy (non-hydrogen) atoms. The highest BCUT2D eigenvalue weighted by Gasteiger charge is 2.12. The first-order chi connectivity index (χ1) is 13.7. The molecule has 0 aliphatic carbocycles. The van der Waals surface area contributed by atoms with Gasteiger partial charge in [-0.3, -0.25) is 4.40 Å². The molecule has 0 amide bonds. The quantitative estimate of drug-likeness (QED) is 0.510. The molecule has 3 aromatic heterocycles. The first-order valence-electron chi connectivity index (χ1n) is 9.31. The Morgan fingerprint density at radius 3 is 2.64 bits per heavy atom. The van der Waals surface area contributed by atoms with Crippen molar-refractivity contribution in [1.29, 1.82) is 0 Å². The molecule has 4 aromatic rings. The second-order valence-electron chi connectivity index (χ2n) is 6.95. The number of hydrogen-bond donors (Lipinski definition) is 2. The van der Waals surface area contributed by atoms with Gasteiger partial charge in [0.05, 0.1) is 10.2 Å². The maximum Gasteiger partial charge on any atom is 0.229 e. The van der Waals surface area contributed by atoms with E-state index in [0.717, 1.165) is 58.7 Å². The Morgan fingerprint density at radius 1 is 1.07 bits per heavy atom. The monoisotopic (exact) mass is 437 g/mol. The highest BCUT2D eigenvalue weighted by Crippen LogP contribution is 2.26. The summed E-state index contributed by atoms with van der Waals surface area (Å²) in [7, 11) is 0. The van der Waals surface area contributed by atoms with Gasteiger partial charge in [0.25, 0.3) is 0 Å². The molecule has 8 heteroatoms. The summed E-state index contributed by atoms with van der Waals surface area (Å²) in [4.78, 5) is 16.1. The second kappa shape index (κ2) is 7.03. The van der Waals surface area contributed by atoms with Crippen LogP contribution in [-0.4, -0.2) is 45.5 Å². The van der Waals surface area contributed by atoms with Gasteiger partial charge in [-0.1, -0.05) is 0 Å². The summed E-state index contributed by atoms with van der Waals surface area (Å²) < 4.78 is 2.93. The maximum absolute atomic E-state index is 4.73. The van der Waals surface area contributed by atoms with Crippen LogP contribution in [0.2, 0.25) is 0 Å². The molecule has 0 unspecified atom stereocenters. The predicted molar refractivity (Wildman–Crippen MR) is 116 cm³/mol. The number of imidazole rings is 1. The molecule has 1 saturated heterocycles. The third kappa shape index (κ3) is 3.18. The van der Waals surface area contributed by atoms with E-state index < -0.39 is 0 Å². The minimum Gasteiger partial charge on any atom is -0.369 e. The van der Waals surface area contributed by atoms with Gasteiger partial charge in [-0.2, -0.15) is 4.98 Å². The molecule has 142 valence electrons. The number of aromatic nitrogens is 4. The second-order valence-corrected chi connectivity index (χ2v) is 7.80. The summed E-state index contributed by atoms with van der Waals surface area (Å²) in [5, 5.41) is 7.65. The van der Waals surface area contributed by atoms with Crippen LogP contribution in [0.15, 0.2) is 47.2 Å². The number of halogens is 1. The molecule has 4 heterocycles. The van der Waals surface area contributed by atoms with Crippen LogP contribution in [0.4, 0.5) is 17.3 Å². The lowest BCUT2D eigenvalue weighted by Gasteiger charge is -2.29. The van der Waals surface area contributed by atoms with Crippen molar-refractivity contribution in [3.63, 3.8) is 0 Å². The molecular weight excluding hydrogens is 418 g/mol. The standard InChI is InChI=1S/C20H20BrN7/c1-13-12-28-18-14(10-17(21)19(28)24-13)11-23-20(26-18)25-15-2-4-16(5-3-15)27-8-6-22-7-9-27/h2-5,10-12,22H,6-9H2,1H3,(H,23,25,26). The Labute approximate surface area is 170 Å². The van der Waals surface area contributed by atoms with Gasteiger partial charge in [-0.25, -0.2) is 9.97 Å². The highest BCUT2D eigenvalue weighted by atomic mass is 79.9. The van der Waals surface area contributed by atoms with Gasteiger partial charge in [0.1, 0.15) is 0 Å². The van der Waals surface area contributed by atoms with E-state index in [1.807, 2.05) is 29.8 Å². The molecular formula is C20H20BrN7. The number of benzene rings is 1. The zero-order valence-corrected chi connectivity index (χ0v) is 17.1. The smallest absolute Gasteiger partial charge is 0.229 e.